The van der Waals surface area contributed by atoms with E-state index in [0.717, 1.165) is 5.69 Å². The number of benzene rings is 2. The van der Waals surface area contributed by atoms with Crippen LogP contribution < -0.4 is 74.6 Å². The number of hydrogen-bond acceptors (Lipinski definition) is 0. The maximum absolute atomic E-state index is 5.11. The summed E-state index contributed by atoms with van der Waals surface area (Å²) in [7, 11) is 5.11. The summed E-state index contributed by atoms with van der Waals surface area (Å²) in [4.78, 5) is 0. The van der Waals surface area contributed by atoms with E-state index in [1.54, 1.807) is 0 Å². The van der Waals surface area contributed by atoms with Crippen LogP contribution in [0.15, 0.2) is 42.5 Å². The molecule has 0 saturated heterocycles. The van der Waals surface area contributed by atoms with Crippen LogP contribution in [0.3, 0.4) is 0 Å². The molecule has 5 heteroatoms. The zero-order valence-electron chi connectivity index (χ0n) is 8.50. The Morgan fingerprint density at radius 1 is 1.07 bits per heavy atom. The summed E-state index contributed by atoms with van der Waals surface area (Å²) in [6.07, 6.45) is 0. The Bertz CT molecular complexity index is 408. The second-order valence-electron chi connectivity index (χ2n) is 2.71. The average molecular weight is 600 g/mol. The molecule has 0 aromatic heterocycles. The molecule has 0 fully saturated rings. The van der Waals surface area contributed by atoms with Gasteiger partial charge in [-0.1, -0.05) is 30.3 Å². The molecule has 0 saturated carbocycles. The van der Waals surface area contributed by atoms with Crippen molar-refractivity contribution in [1.82, 2.24) is 0 Å². The number of quaternary nitrogens is 1. The molecule has 0 heterocycles. The molecular weight excluding hydrogens is 590 g/mol. The van der Waals surface area contributed by atoms with Gasteiger partial charge >= 0.3 is 110 Å². The Hall–Kier alpha value is 2.40. The zero-order valence-corrected chi connectivity index (χ0v) is 21.0. The van der Waals surface area contributed by atoms with Crippen molar-refractivity contribution >= 4 is 57.4 Å². The average Bonchev–Trinajstić information content (AvgIpc) is 2.20. The molecule has 0 bridgehead atoms. The van der Waals surface area contributed by atoms with Gasteiger partial charge in [-0.25, -0.2) is 0 Å². The summed E-state index contributed by atoms with van der Waals surface area (Å²) in [5, 5.41) is 2.51. The normalized spacial score (nSPS) is 8.73. The topological polar surface area (TPSA) is 27.6 Å². The van der Waals surface area contributed by atoms with E-state index < -0.39 is 20.6 Å². The van der Waals surface area contributed by atoms with E-state index in [0.29, 0.717) is 0 Å². The van der Waals surface area contributed by atoms with Crippen LogP contribution in [0.4, 0.5) is 5.69 Å². The van der Waals surface area contributed by atoms with E-state index in [-0.39, 0.29) is 68.9 Å². The Balaban J connectivity index is 0.000000443. The molecule has 0 aliphatic heterocycles. The standard InChI is InChI=1S/C10H9N.BrH.ClH.Cs.Pb/c11-10-7-3-5-8-4-1-2-6-9(8)10;;;;/h1-7H,11H2;2*1H;;/q;;;+1;+2/p-1. The molecule has 2 radical (unpaired) electrons. The van der Waals surface area contributed by atoms with E-state index >= 15 is 0 Å². The summed E-state index contributed by atoms with van der Waals surface area (Å²) in [6, 6.07) is 14.4. The fourth-order valence-corrected chi connectivity index (χ4v) is 1.29. The molecule has 72 valence electrons. The second kappa shape index (κ2) is 10.3. The van der Waals surface area contributed by atoms with Gasteiger partial charge in [0, 0.05) is 5.39 Å². The van der Waals surface area contributed by atoms with E-state index in [4.69, 9.17) is 8.32 Å². The van der Waals surface area contributed by atoms with Crippen molar-refractivity contribution in [2.24, 2.45) is 0 Å². The van der Waals surface area contributed by atoms with Crippen molar-refractivity contribution in [1.29, 1.82) is 0 Å². The van der Waals surface area contributed by atoms with Gasteiger partial charge in [0.05, 0.1) is 0 Å². The number of hydrogen-bond donors (Lipinski definition) is 1. The van der Waals surface area contributed by atoms with Gasteiger partial charge in [0.15, 0.2) is 0 Å². The summed E-state index contributed by atoms with van der Waals surface area (Å²) < 4.78 is 0. The Kier molecular flexibility index (Phi) is 12.0. The first-order valence-corrected chi connectivity index (χ1v) is 17.3. The van der Waals surface area contributed by atoms with E-state index in [9.17, 15) is 0 Å². The fourth-order valence-electron chi connectivity index (χ4n) is 1.29. The van der Waals surface area contributed by atoms with Gasteiger partial charge in [-0.3, -0.25) is 0 Å². The predicted octanol–water partition coefficient (Wildman–Crippen LogP) is -0.128. The van der Waals surface area contributed by atoms with Crippen LogP contribution in [0.1, 0.15) is 0 Å². The minimum Gasteiger partial charge on any atom is -0.325 e. The maximum atomic E-state index is 5.11. The summed E-state index contributed by atoms with van der Waals surface area (Å²) in [5.41, 5.74) is 5.05. The van der Waals surface area contributed by atoms with Gasteiger partial charge in [-0.15, -0.1) is 0 Å². The van der Waals surface area contributed by atoms with Crippen LogP contribution in [0, 0.1) is 0 Å². The number of halogens is 2. The van der Waals surface area contributed by atoms with E-state index in [2.05, 4.69) is 35.9 Å². The van der Waals surface area contributed by atoms with Crippen molar-refractivity contribution < 1.29 is 74.6 Å². The van der Waals surface area contributed by atoms with Crippen LogP contribution in [-0.4, -0.2) is 20.6 Å². The monoisotopic (exact) mass is 599 g/mol. The van der Waals surface area contributed by atoms with Crippen LogP contribution in [0.5, 0.6) is 0 Å². The van der Waals surface area contributed by atoms with Crippen LogP contribution in [0.25, 0.3) is 10.8 Å². The molecule has 0 aliphatic carbocycles. The van der Waals surface area contributed by atoms with Crippen LogP contribution in [-0.2, 0) is 0 Å². The molecule has 0 aliphatic rings. The molecule has 0 amide bonds. The van der Waals surface area contributed by atoms with Crippen molar-refractivity contribution in [3.05, 3.63) is 42.5 Å². The quantitative estimate of drug-likeness (QED) is 0.409. The molecule has 3 N–H and O–H groups in total. The van der Waals surface area contributed by atoms with Gasteiger partial charge in [0.2, 0.25) is 0 Å². The van der Waals surface area contributed by atoms with Gasteiger partial charge in [-0.2, -0.15) is 0 Å². The number of fused-ring (bicyclic) bond motifs is 1. The van der Waals surface area contributed by atoms with Gasteiger partial charge in [-0.05, 0) is 17.5 Å². The van der Waals surface area contributed by atoms with E-state index in [1.165, 1.54) is 10.8 Å². The molecule has 2 rings (SSSR count). The summed E-state index contributed by atoms with van der Waals surface area (Å²) in [5.74, 6) is 0. The summed E-state index contributed by atoms with van der Waals surface area (Å²) >= 11 is 2.47. The molecule has 0 spiro atoms. The van der Waals surface area contributed by atoms with Crippen molar-refractivity contribution in [3.8, 4) is 0 Å². The first-order valence-electron chi connectivity index (χ1n) is 4.05. The minimum atomic E-state index is -0.632. The minimum absolute atomic E-state index is 0. The molecule has 2 aromatic carbocycles. The van der Waals surface area contributed by atoms with Crippen molar-refractivity contribution in [2.75, 3.05) is 0 Å². The molecule has 1 nitrogen and oxygen atoms in total. The maximum Gasteiger partial charge on any atom is 1.00 e. The fraction of sp³-hybridized carbons (Fsp3) is 0. The van der Waals surface area contributed by atoms with E-state index in [1.807, 2.05) is 24.3 Å². The van der Waals surface area contributed by atoms with Crippen molar-refractivity contribution in [2.45, 2.75) is 0 Å². The second-order valence-corrected chi connectivity index (χ2v) is 12.4. The van der Waals surface area contributed by atoms with Gasteiger partial charge in [0.1, 0.15) is 5.69 Å². The predicted molar refractivity (Wildman–Crippen MR) is 67.0 cm³/mol. The molecule has 15 heavy (non-hydrogen) atoms. The third kappa shape index (κ3) is 6.21. The SMILES string of the molecule is [Cl][Pb][Br].[Cs+].[NH3+]c1cccc2ccccc12. The third-order valence-electron chi connectivity index (χ3n) is 1.88. The summed E-state index contributed by atoms with van der Waals surface area (Å²) in [6.45, 7) is 0. The van der Waals surface area contributed by atoms with Gasteiger partial charge < -0.3 is 5.73 Å². The smallest absolute Gasteiger partial charge is 0.325 e. The number of rotatable bonds is 0. The zero-order chi connectivity index (χ0) is 10.4. The van der Waals surface area contributed by atoms with Crippen LogP contribution >= 0.6 is 20.3 Å². The Morgan fingerprint density at radius 3 is 2.20 bits per heavy atom. The molecular formula is C10H10BrClCsNPb+2. The Morgan fingerprint density at radius 2 is 1.60 bits per heavy atom. The molecule has 0 atom stereocenters. The Labute approximate surface area is 170 Å². The van der Waals surface area contributed by atoms with Gasteiger partial charge in [0.25, 0.3) is 0 Å². The first kappa shape index (κ1) is 17.4. The largest absolute Gasteiger partial charge is 1.00 e. The molecule has 2 aromatic rings. The first-order chi connectivity index (χ1) is 6.79. The third-order valence-corrected chi connectivity index (χ3v) is 1.88. The van der Waals surface area contributed by atoms with Crippen molar-refractivity contribution in [3.63, 3.8) is 0 Å². The van der Waals surface area contributed by atoms with Crippen LogP contribution in [0.2, 0.25) is 0 Å². The molecule has 0 unspecified atom stereocenters.